The van der Waals surface area contributed by atoms with Crippen molar-refractivity contribution in [3.8, 4) is 0 Å². The molecule has 0 aliphatic rings. The summed E-state index contributed by atoms with van der Waals surface area (Å²) in [5, 5.41) is 18.1. The molecule has 0 unspecified atom stereocenters. The molecule has 0 bridgehead atoms. The maximum atomic E-state index is 10.4. The van der Waals surface area contributed by atoms with Gasteiger partial charge < -0.3 is 0 Å². The standard InChI is InChI=1S/C7H5N5O4S/c13-11(14)10(12(15)16)9-7-8-5-3-1-2-4-6(5)17-7/h1-4H,(H,8,9). The normalized spacial score (nSPS) is 10.1. The van der Waals surface area contributed by atoms with Crippen molar-refractivity contribution in [1.29, 1.82) is 0 Å². The second kappa shape index (κ2) is 4.17. The van der Waals surface area contributed by atoms with Gasteiger partial charge in [0.25, 0.3) is 5.23 Å². The number of hydrogen-bond acceptors (Lipinski definition) is 7. The van der Waals surface area contributed by atoms with Crippen LogP contribution in [-0.4, -0.2) is 20.3 Å². The molecule has 2 aromatic rings. The molecular weight excluding hydrogens is 250 g/mol. The molecule has 1 N–H and O–H groups in total. The third kappa shape index (κ3) is 2.20. The average Bonchev–Trinajstić information content (AvgIpc) is 2.67. The van der Waals surface area contributed by atoms with Gasteiger partial charge in [-0.15, -0.1) is 0 Å². The van der Waals surface area contributed by atoms with Crippen LogP contribution in [-0.2, 0) is 0 Å². The van der Waals surface area contributed by atoms with E-state index in [-0.39, 0.29) is 10.4 Å². The number of hydrazine groups is 3. The summed E-state index contributed by atoms with van der Waals surface area (Å²) in [4.78, 5) is 24.7. The van der Waals surface area contributed by atoms with Gasteiger partial charge in [0.1, 0.15) is 0 Å². The molecule has 88 valence electrons. The SMILES string of the molecule is O=[N+]([O-])N(Nc1nc2ccccc2s1)[N+](=O)[O-]. The lowest BCUT2D eigenvalue weighted by atomic mass is 10.3. The van der Waals surface area contributed by atoms with Crippen molar-refractivity contribution in [2.75, 3.05) is 5.43 Å². The number of nitrogens with zero attached hydrogens (tertiary/aromatic N) is 4. The Kier molecular flexibility index (Phi) is 2.70. The molecule has 0 atom stereocenters. The van der Waals surface area contributed by atoms with E-state index in [9.17, 15) is 20.2 Å². The van der Waals surface area contributed by atoms with Gasteiger partial charge in [-0.05, 0) is 12.1 Å². The highest BCUT2D eigenvalue weighted by molar-refractivity contribution is 7.22. The van der Waals surface area contributed by atoms with Crippen molar-refractivity contribution >= 4 is 26.7 Å². The molecule has 1 heterocycles. The van der Waals surface area contributed by atoms with Gasteiger partial charge in [0.2, 0.25) is 15.2 Å². The van der Waals surface area contributed by atoms with Gasteiger partial charge in [-0.25, -0.2) is 25.2 Å². The van der Waals surface area contributed by atoms with Gasteiger partial charge in [0, 0.05) is 0 Å². The first-order valence-electron chi connectivity index (χ1n) is 4.29. The van der Waals surface area contributed by atoms with Crippen LogP contribution in [0, 0.1) is 20.2 Å². The summed E-state index contributed by atoms with van der Waals surface area (Å²) in [6.45, 7) is 0. The Morgan fingerprint density at radius 2 is 1.88 bits per heavy atom. The van der Waals surface area contributed by atoms with Crippen LogP contribution in [0.3, 0.4) is 0 Å². The van der Waals surface area contributed by atoms with E-state index in [0.717, 1.165) is 16.0 Å². The lowest BCUT2D eigenvalue weighted by Gasteiger charge is -2.01. The van der Waals surface area contributed by atoms with Crippen molar-refractivity contribution in [3.63, 3.8) is 0 Å². The monoisotopic (exact) mass is 255 g/mol. The summed E-state index contributed by atoms with van der Waals surface area (Å²) < 4.78 is 0.779. The molecule has 0 saturated heterocycles. The second-order valence-corrected chi connectivity index (χ2v) is 3.89. The average molecular weight is 255 g/mol. The molecule has 1 aromatic carbocycles. The van der Waals surface area contributed by atoms with E-state index < -0.39 is 10.1 Å². The molecule has 0 spiro atoms. The van der Waals surface area contributed by atoms with E-state index in [1.807, 2.05) is 5.43 Å². The lowest BCUT2D eigenvalue weighted by molar-refractivity contribution is -0.900. The molecule has 0 saturated carbocycles. The predicted molar refractivity (Wildman–Crippen MR) is 59.1 cm³/mol. The molecule has 0 aliphatic carbocycles. The maximum absolute atomic E-state index is 10.4. The fourth-order valence-electron chi connectivity index (χ4n) is 1.15. The van der Waals surface area contributed by atoms with Crippen molar-refractivity contribution in [2.45, 2.75) is 0 Å². The smallest absolute Gasteiger partial charge is 0.229 e. The molecule has 10 heteroatoms. The Hall–Kier alpha value is -2.49. The predicted octanol–water partition coefficient (Wildman–Crippen LogP) is 1.31. The van der Waals surface area contributed by atoms with E-state index in [4.69, 9.17) is 0 Å². The Balaban J connectivity index is 2.28. The van der Waals surface area contributed by atoms with Crippen LogP contribution in [0.15, 0.2) is 24.3 Å². The molecule has 0 fully saturated rings. The number of hydrogen-bond donors (Lipinski definition) is 1. The summed E-state index contributed by atoms with van der Waals surface area (Å²) >= 11 is 1.09. The van der Waals surface area contributed by atoms with Crippen molar-refractivity contribution in [2.24, 2.45) is 0 Å². The summed E-state index contributed by atoms with van der Waals surface area (Å²) in [6, 6.07) is 7.01. The van der Waals surface area contributed by atoms with Gasteiger partial charge >= 0.3 is 0 Å². The van der Waals surface area contributed by atoms with Gasteiger partial charge in [-0.1, -0.05) is 23.5 Å². The van der Waals surface area contributed by atoms with E-state index in [1.54, 1.807) is 24.3 Å². The van der Waals surface area contributed by atoms with E-state index in [2.05, 4.69) is 4.98 Å². The van der Waals surface area contributed by atoms with Crippen LogP contribution in [0.4, 0.5) is 5.13 Å². The first-order valence-corrected chi connectivity index (χ1v) is 5.10. The highest BCUT2D eigenvalue weighted by atomic mass is 32.1. The summed E-state index contributed by atoms with van der Waals surface area (Å²) in [7, 11) is 0. The first-order chi connectivity index (χ1) is 8.08. The quantitative estimate of drug-likeness (QED) is 0.646. The molecule has 1 aromatic heterocycles. The number of nitro groups is 2. The fraction of sp³-hybridized carbons (Fsp3) is 0. The Bertz CT molecular complexity index is 537. The van der Waals surface area contributed by atoms with Gasteiger partial charge in [-0.2, -0.15) is 5.43 Å². The number of anilines is 1. The zero-order valence-corrected chi connectivity index (χ0v) is 8.96. The number of fused-ring (bicyclic) bond motifs is 1. The molecule has 9 nitrogen and oxygen atoms in total. The summed E-state index contributed by atoms with van der Waals surface area (Å²) in [5.41, 5.74) is 2.63. The minimum absolute atomic E-state index is 0.0830. The number of benzene rings is 1. The number of nitrogens with one attached hydrogen (secondary N) is 1. The van der Waals surface area contributed by atoms with Gasteiger partial charge in [-0.3, -0.25) is 0 Å². The number of thiazole rings is 1. The molecular formula is C7H5N5O4S. The van der Waals surface area contributed by atoms with E-state index in [0.29, 0.717) is 5.52 Å². The molecule has 17 heavy (non-hydrogen) atoms. The topological polar surface area (TPSA) is 114 Å². The Labute approximate surface area is 97.5 Å². The summed E-state index contributed by atoms with van der Waals surface area (Å²) in [5.74, 6) is 0. The Morgan fingerprint density at radius 3 is 2.47 bits per heavy atom. The zero-order chi connectivity index (χ0) is 12.4. The minimum Gasteiger partial charge on any atom is -0.229 e. The van der Waals surface area contributed by atoms with Crippen LogP contribution in [0.1, 0.15) is 0 Å². The Morgan fingerprint density at radius 1 is 1.24 bits per heavy atom. The van der Waals surface area contributed by atoms with E-state index >= 15 is 0 Å². The van der Waals surface area contributed by atoms with E-state index in [1.165, 1.54) is 0 Å². The second-order valence-electron chi connectivity index (χ2n) is 2.86. The molecule has 2 rings (SSSR count). The zero-order valence-electron chi connectivity index (χ0n) is 8.14. The molecule has 0 aliphatic heterocycles. The van der Waals surface area contributed by atoms with Crippen LogP contribution >= 0.6 is 11.3 Å². The number of rotatable bonds is 4. The number of aromatic nitrogens is 1. The summed E-state index contributed by atoms with van der Waals surface area (Å²) in [6.07, 6.45) is 0. The van der Waals surface area contributed by atoms with Crippen LogP contribution < -0.4 is 5.43 Å². The van der Waals surface area contributed by atoms with Crippen LogP contribution in [0.2, 0.25) is 0 Å². The van der Waals surface area contributed by atoms with Gasteiger partial charge in [0.15, 0.2) is 0 Å². The molecule has 0 amide bonds. The van der Waals surface area contributed by atoms with Crippen molar-refractivity contribution in [1.82, 2.24) is 10.2 Å². The fourth-order valence-corrected chi connectivity index (χ4v) is 1.99. The molecule has 0 radical (unpaired) electrons. The third-order valence-corrected chi connectivity index (χ3v) is 2.74. The van der Waals surface area contributed by atoms with Crippen molar-refractivity contribution < 1.29 is 10.1 Å². The van der Waals surface area contributed by atoms with Gasteiger partial charge in [0.05, 0.1) is 10.2 Å². The highest BCUT2D eigenvalue weighted by Gasteiger charge is 2.28. The highest BCUT2D eigenvalue weighted by Crippen LogP contribution is 2.25. The van der Waals surface area contributed by atoms with Crippen molar-refractivity contribution in [3.05, 3.63) is 44.5 Å². The number of para-hydroxylation sites is 1. The maximum Gasteiger partial charge on any atom is 0.282 e. The minimum atomic E-state index is -1.17. The third-order valence-electron chi connectivity index (χ3n) is 1.80. The first kappa shape index (κ1) is 11.0. The van der Waals surface area contributed by atoms with Crippen LogP contribution in [0.5, 0.6) is 0 Å². The van der Waals surface area contributed by atoms with Crippen LogP contribution in [0.25, 0.3) is 10.2 Å². The lowest BCUT2D eigenvalue weighted by Crippen LogP contribution is -2.40. The largest absolute Gasteiger partial charge is 0.282 e.